The van der Waals surface area contributed by atoms with Gasteiger partial charge in [-0.1, -0.05) is 95.2 Å². The molecule has 4 heteroatoms. The minimum absolute atomic E-state index is 0. The standard InChI is InChI=1S/C27H40N2S.C6H9.Fe/c1-6-28-17-18-30-26(28)19-25-27(4,5)23-14-7-8-15-24(23)29(25)16-10-13-22-12-9-11-20(2)21(22)3;1-2-4-6-5-3-1;/h7-8,14-15,19,21-22H,6,9-13,16-18H2,1-5H3;1H,2,4-6H2;/q;-1;+2. The molecule has 1 aromatic carbocycles. The van der Waals surface area contributed by atoms with Crippen LogP contribution in [-0.4, -0.2) is 35.0 Å². The summed E-state index contributed by atoms with van der Waals surface area (Å²) < 4.78 is 2.54. The summed E-state index contributed by atoms with van der Waals surface area (Å²) in [6, 6.07) is 9.10. The van der Waals surface area contributed by atoms with Crippen molar-refractivity contribution in [1.82, 2.24) is 0 Å². The summed E-state index contributed by atoms with van der Waals surface area (Å²) in [4.78, 5) is 2.65. The average Bonchev–Trinajstić information content (AvgIpc) is 3.44. The number of hydrogen-bond donors (Lipinski definition) is 0. The number of nitrogens with zero attached hydrogens (tertiary/aromatic N) is 2. The third-order valence-corrected chi connectivity index (χ3v) is 10.1. The van der Waals surface area contributed by atoms with Gasteiger partial charge >= 0.3 is 17.1 Å². The molecule has 0 N–H and O–H groups in total. The second-order valence-corrected chi connectivity index (χ2v) is 12.8. The van der Waals surface area contributed by atoms with Crippen molar-refractivity contribution in [3.63, 3.8) is 0 Å². The molecule has 0 amide bonds. The maximum atomic E-state index is 3.16. The second kappa shape index (κ2) is 14.4. The average molecular weight is 562 g/mol. The maximum absolute atomic E-state index is 3.16. The van der Waals surface area contributed by atoms with E-state index < -0.39 is 0 Å². The van der Waals surface area contributed by atoms with E-state index in [1.165, 1.54) is 92.1 Å². The molecule has 5 rings (SSSR count). The number of benzene rings is 1. The molecule has 1 fully saturated rings. The zero-order chi connectivity index (χ0) is 25.5. The third-order valence-electron chi connectivity index (χ3n) is 9.02. The molecule has 0 bridgehead atoms. The van der Waals surface area contributed by atoms with E-state index in [0.717, 1.165) is 24.9 Å². The molecule has 1 aromatic rings. The zero-order valence-corrected chi connectivity index (χ0v) is 25.9. The zero-order valence-electron chi connectivity index (χ0n) is 24.0. The summed E-state index contributed by atoms with van der Waals surface area (Å²) in [6.07, 6.45) is 19.8. The van der Waals surface area contributed by atoms with Gasteiger partial charge in [0.15, 0.2) is 6.54 Å². The summed E-state index contributed by atoms with van der Waals surface area (Å²) in [5.74, 6) is 4.64. The van der Waals surface area contributed by atoms with Gasteiger partial charge in [-0.15, -0.1) is 0 Å². The summed E-state index contributed by atoms with van der Waals surface area (Å²) in [5.41, 5.74) is 4.47. The third kappa shape index (κ3) is 7.37. The van der Waals surface area contributed by atoms with E-state index in [4.69, 9.17) is 0 Å². The summed E-state index contributed by atoms with van der Waals surface area (Å²) in [5, 5.41) is 1.46. The van der Waals surface area contributed by atoms with Crippen LogP contribution in [0.2, 0.25) is 0 Å². The van der Waals surface area contributed by atoms with Crippen molar-refractivity contribution in [3.05, 3.63) is 59.7 Å². The molecule has 0 spiro atoms. The number of thioether (sulfide) groups is 1. The largest absolute Gasteiger partial charge is 2.00 e. The van der Waals surface area contributed by atoms with Gasteiger partial charge in [-0.25, -0.2) is 4.58 Å². The summed E-state index contributed by atoms with van der Waals surface area (Å²) in [7, 11) is 0. The van der Waals surface area contributed by atoms with Gasteiger partial charge in [-0.05, 0) is 25.0 Å². The molecule has 4 aliphatic rings. The van der Waals surface area contributed by atoms with E-state index in [1.807, 2.05) is 11.8 Å². The van der Waals surface area contributed by atoms with Crippen molar-refractivity contribution in [2.24, 2.45) is 11.8 Å². The predicted molar refractivity (Wildman–Crippen MR) is 159 cm³/mol. The molecule has 2 aliphatic carbocycles. The maximum Gasteiger partial charge on any atom is 2.00 e. The molecule has 2 atom stereocenters. The van der Waals surface area contributed by atoms with E-state index in [-0.39, 0.29) is 22.5 Å². The smallest absolute Gasteiger partial charge is 0.501 e. The fourth-order valence-electron chi connectivity index (χ4n) is 6.47. The monoisotopic (exact) mass is 561 g/mol. The molecule has 0 radical (unpaired) electrons. The van der Waals surface area contributed by atoms with Crippen LogP contribution in [0.5, 0.6) is 0 Å². The Morgan fingerprint density at radius 3 is 2.70 bits per heavy atom. The van der Waals surface area contributed by atoms with Gasteiger partial charge < -0.3 is 16.9 Å². The molecule has 37 heavy (non-hydrogen) atoms. The fraction of sp³-hybridized carbons (Fsp3) is 0.636. The first kappa shape index (κ1) is 30.6. The first-order valence-electron chi connectivity index (χ1n) is 14.6. The SMILES string of the molecule is CC[N+]1=C(C=C2N(CCCC3CCC[C-](C)C3C)c3ccccc3C2(C)C)SCC1.[C-]1=CCCCC1.[Fe+2]. The molecular formula is C33H49FeN2S+. The van der Waals surface area contributed by atoms with Gasteiger partial charge in [0, 0.05) is 29.4 Å². The van der Waals surface area contributed by atoms with Gasteiger partial charge in [0.2, 0.25) is 5.04 Å². The van der Waals surface area contributed by atoms with Crippen LogP contribution in [-0.2, 0) is 22.5 Å². The first-order valence-corrected chi connectivity index (χ1v) is 15.6. The molecule has 0 saturated heterocycles. The summed E-state index contributed by atoms with van der Waals surface area (Å²) >= 11 is 2.03. The van der Waals surface area contributed by atoms with Crippen LogP contribution in [0, 0.1) is 23.8 Å². The molecule has 0 aromatic heterocycles. The van der Waals surface area contributed by atoms with Crippen LogP contribution in [0.15, 0.2) is 42.1 Å². The topological polar surface area (TPSA) is 6.25 Å². The fourth-order valence-corrected chi connectivity index (χ4v) is 7.59. The van der Waals surface area contributed by atoms with E-state index >= 15 is 0 Å². The van der Waals surface area contributed by atoms with Gasteiger partial charge in [0.1, 0.15) is 6.54 Å². The number of allylic oxidation sites excluding steroid dienone is 3. The van der Waals surface area contributed by atoms with E-state index in [2.05, 4.69) is 86.6 Å². The molecule has 204 valence electrons. The van der Waals surface area contributed by atoms with Crippen molar-refractivity contribution < 1.29 is 21.6 Å². The van der Waals surface area contributed by atoms with Crippen LogP contribution in [0.4, 0.5) is 5.69 Å². The Morgan fingerprint density at radius 1 is 1.22 bits per heavy atom. The van der Waals surface area contributed by atoms with E-state index in [9.17, 15) is 0 Å². The number of rotatable bonds is 6. The number of hydrogen-bond acceptors (Lipinski definition) is 2. The Balaban J connectivity index is 0.000000479. The molecule has 2 unspecified atom stereocenters. The minimum Gasteiger partial charge on any atom is -0.501 e. The Hall–Kier alpha value is -0.961. The number of fused-ring (bicyclic) bond motifs is 1. The van der Waals surface area contributed by atoms with Gasteiger partial charge in [0.05, 0.1) is 5.75 Å². The van der Waals surface area contributed by atoms with E-state index in [0.29, 0.717) is 0 Å². The molecule has 1 saturated carbocycles. The van der Waals surface area contributed by atoms with Crippen LogP contribution >= 0.6 is 11.8 Å². The molecule has 2 aliphatic heterocycles. The van der Waals surface area contributed by atoms with Crippen molar-refractivity contribution in [3.8, 4) is 0 Å². The van der Waals surface area contributed by atoms with Gasteiger partial charge in [-0.3, -0.25) is 6.08 Å². The summed E-state index contributed by atoms with van der Waals surface area (Å²) in [6.45, 7) is 15.4. The van der Waals surface area contributed by atoms with E-state index in [1.54, 1.807) is 5.92 Å². The second-order valence-electron chi connectivity index (χ2n) is 11.7. The Morgan fingerprint density at radius 2 is 2.03 bits per heavy atom. The Bertz CT molecular complexity index is 955. The van der Waals surface area contributed by atoms with Crippen LogP contribution in [0.25, 0.3) is 0 Å². The molecular weight excluding hydrogens is 512 g/mol. The van der Waals surface area contributed by atoms with Crippen molar-refractivity contribution in [2.75, 3.05) is 30.3 Å². The van der Waals surface area contributed by atoms with Crippen molar-refractivity contribution in [1.29, 1.82) is 0 Å². The normalized spacial score (nSPS) is 26.1. The molecule has 2 heterocycles. The Labute approximate surface area is 242 Å². The quantitative estimate of drug-likeness (QED) is 0.195. The van der Waals surface area contributed by atoms with Gasteiger partial charge in [-0.2, -0.15) is 25.7 Å². The van der Waals surface area contributed by atoms with Crippen LogP contribution < -0.4 is 4.90 Å². The number of anilines is 1. The number of para-hydroxylation sites is 1. The predicted octanol–water partition coefficient (Wildman–Crippen LogP) is 8.57. The van der Waals surface area contributed by atoms with Crippen LogP contribution in [0.1, 0.15) is 98.0 Å². The van der Waals surface area contributed by atoms with Crippen LogP contribution in [0.3, 0.4) is 0 Å². The van der Waals surface area contributed by atoms with Gasteiger partial charge in [0.25, 0.3) is 0 Å². The van der Waals surface area contributed by atoms with Crippen molar-refractivity contribution in [2.45, 2.75) is 97.8 Å². The van der Waals surface area contributed by atoms with Crippen molar-refractivity contribution >= 4 is 22.5 Å². The Kier molecular flexibility index (Phi) is 11.9. The molecule has 2 nitrogen and oxygen atoms in total. The minimum atomic E-state index is 0. The first-order chi connectivity index (χ1) is 17.4.